The summed E-state index contributed by atoms with van der Waals surface area (Å²) < 4.78 is 11.0. The second kappa shape index (κ2) is 5.62. The van der Waals surface area contributed by atoms with Crippen molar-refractivity contribution in [3.8, 4) is 5.75 Å². The molecule has 2 N–H and O–H groups in total. The van der Waals surface area contributed by atoms with E-state index in [1.165, 1.54) is 18.4 Å². The Labute approximate surface area is 120 Å². The van der Waals surface area contributed by atoms with Gasteiger partial charge >= 0.3 is 0 Å². The Kier molecular flexibility index (Phi) is 3.85. The topological polar surface area (TPSA) is 47.7 Å². The van der Waals surface area contributed by atoms with E-state index in [2.05, 4.69) is 24.8 Å². The zero-order valence-corrected chi connectivity index (χ0v) is 12.4. The number of hydrogen-bond acceptors (Lipinski definition) is 4. The van der Waals surface area contributed by atoms with E-state index in [0.717, 1.165) is 36.0 Å². The molecule has 110 valence electrons. The van der Waals surface area contributed by atoms with Crippen molar-refractivity contribution in [2.75, 3.05) is 19.1 Å². The molecule has 1 aromatic rings. The lowest BCUT2D eigenvalue weighted by molar-refractivity contribution is -0.0177. The molecule has 3 rings (SSSR count). The molecule has 2 unspecified atom stereocenters. The molecule has 20 heavy (non-hydrogen) atoms. The molecule has 0 aromatic heterocycles. The van der Waals surface area contributed by atoms with Crippen molar-refractivity contribution in [1.82, 2.24) is 4.90 Å². The summed E-state index contributed by atoms with van der Waals surface area (Å²) in [6, 6.07) is 4.63. The van der Waals surface area contributed by atoms with Gasteiger partial charge in [0, 0.05) is 29.4 Å². The van der Waals surface area contributed by atoms with Gasteiger partial charge in [-0.05, 0) is 44.4 Å². The number of hydrogen-bond donors (Lipinski definition) is 1. The Morgan fingerprint density at radius 2 is 2.20 bits per heavy atom. The van der Waals surface area contributed by atoms with E-state index in [0.29, 0.717) is 19.4 Å². The zero-order valence-electron chi connectivity index (χ0n) is 12.4. The predicted molar refractivity (Wildman–Crippen MR) is 79.4 cm³/mol. The number of piperidine rings is 1. The molecule has 4 nitrogen and oxygen atoms in total. The van der Waals surface area contributed by atoms with E-state index in [9.17, 15) is 0 Å². The Hall–Kier alpha value is -1.26. The van der Waals surface area contributed by atoms with Crippen LogP contribution < -0.4 is 10.5 Å². The summed E-state index contributed by atoms with van der Waals surface area (Å²) in [7, 11) is 0. The van der Waals surface area contributed by atoms with Gasteiger partial charge in [0.15, 0.2) is 6.79 Å². The summed E-state index contributed by atoms with van der Waals surface area (Å²) in [4.78, 5) is 2.54. The van der Waals surface area contributed by atoms with Crippen LogP contribution in [0.1, 0.15) is 37.8 Å². The fourth-order valence-corrected chi connectivity index (χ4v) is 3.35. The lowest BCUT2D eigenvalue weighted by Gasteiger charge is -2.37. The van der Waals surface area contributed by atoms with Crippen molar-refractivity contribution in [2.45, 2.75) is 45.9 Å². The highest BCUT2D eigenvalue weighted by atomic mass is 16.7. The molecule has 1 fully saturated rings. The third-order valence-corrected chi connectivity index (χ3v) is 4.46. The minimum Gasteiger partial charge on any atom is -0.467 e. The summed E-state index contributed by atoms with van der Waals surface area (Å²) in [5.41, 5.74) is 9.08. The highest BCUT2D eigenvalue weighted by Gasteiger charge is 2.25. The quantitative estimate of drug-likeness (QED) is 0.844. The van der Waals surface area contributed by atoms with Gasteiger partial charge in [-0.3, -0.25) is 4.90 Å². The van der Waals surface area contributed by atoms with Gasteiger partial charge in [-0.15, -0.1) is 0 Å². The van der Waals surface area contributed by atoms with Crippen LogP contribution in [0.15, 0.2) is 12.1 Å². The molecular formula is C16H24N2O2. The smallest absolute Gasteiger partial charge is 0.189 e. The van der Waals surface area contributed by atoms with Crippen LogP contribution in [0.25, 0.3) is 0 Å². The van der Waals surface area contributed by atoms with Crippen molar-refractivity contribution < 1.29 is 9.47 Å². The Morgan fingerprint density at radius 1 is 1.35 bits per heavy atom. The van der Waals surface area contributed by atoms with Crippen LogP contribution in [0.5, 0.6) is 5.75 Å². The minimum atomic E-state index is 0.344. The maximum absolute atomic E-state index is 6.01. The SMILES string of the molecule is CC1CCN(Cc2cc(N)cc3c2OCOC3)C(C)C1. The van der Waals surface area contributed by atoms with E-state index < -0.39 is 0 Å². The fraction of sp³-hybridized carbons (Fsp3) is 0.625. The van der Waals surface area contributed by atoms with Crippen LogP contribution in [-0.4, -0.2) is 24.3 Å². The Bertz CT molecular complexity index is 490. The second-order valence-electron chi connectivity index (χ2n) is 6.23. The van der Waals surface area contributed by atoms with E-state index in [4.69, 9.17) is 15.2 Å². The average molecular weight is 276 g/mol. The lowest BCUT2D eigenvalue weighted by Crippen LogP contribution is -2.39. The normalized spacial score (nSPS) is 26.9. The molecule has 0 bridgehead atoms. The van der Waals surface area contributed by atoms with Gasteiger partial charge in [-0.2, -0.15) is 0 Å². The summed E-state index contributed by atoms with van der Waals surface area (Å²) in [5, 5.41) is 0. The predicted octanol–water partition coefficient (Wildman–Crippen LogP) is 2.76. The van der Waals surface area contributed by atoms with Gasteiger partial charge in [0.25, 0.3) is 0 Å². The summed E-state index contributed by atoms with van der Waals surface area (Å²) in [6.45, 7) is 7.68. The first-order valence-electron chi connectivity index (χ1n) is 7.49. The molecule has 2 aliphatic heterocycles. The monoisotopic (exact) mass is 276 g/mol. The van der Waals surface area contributed by atoms with E-state index >= 15 is 0 Å². The Morgan fingerprint density at radius 3 is 3.00 bits per heavy atom. The highest BCUT2D eigenvalue weighted by Crippen LogP contribution is 2.33. The highest BCUT2D eigenvalue weighted by molar-refractivity contribution is 5.53. The molecule has 0 aliphatic carbocycles. The molecule has 1 saturated heterocycles. The van der Waals surface area contributed by atoms with Crippen LogP contribution in [0.2, 0.25) is 0 Å². The number of nitrogens with two attached hydrogens (primary N) is 1. The summed E-state index contributed by atoms with van der Waals surface area (Å²) >= 11 is 0. The molecule has 4 heteroatoms. The lowest BCUT2D eigenvalue weighted by atomic mass is 9.93. The van der Waals surface area contributed by atoms with Gasteiger partial charge in [0.05, 0.1) is 6.61 Å². The number of benzene rings is 1. The number of nitrogens with zero attached hydrogens (tertiary/aromatic N) is 1. The largest absolute Gasteiger partial charge is 0.467 e. The van der Waals surface area contributed by atoms with Gasteiger partial charge in [-0.25, -0.2) is 0 Å². The van der Waals surface area contributed by atoms with E-state index in [-0.39, 0.29) is 0 Å². The van der Waals surface area contributed by atoms with E-state index in [1.54, 1.807) is 0 Å². The number of nitrogen functional groups attached to an aromatic ring is 1. The standard InChI is InChI=1S/C16H24N2O2/c1-11-3-4-18(12(2)5-11)8-13-6-15(17)7-14-9-19-10-20-16(13)14/h6-7,11-12H,3-5,8-10,17H2,1-2H3. The molecule has 0 saturated carbocycles. The van der Waals surface area contributed by atoms with Crippen molar-refractivity contribution in [2.24, 2.45) is 5.92 Å². The molecule has 1 aromatic carbocycles. The summed E-state index contributed by atoms with van der Waals surface area (Å²) in [5.74, 6) is 1.82. The molecule has 0 spiro atoms. The van der Waals surface area contributed by atoms with Gasteiger partial charge < -0.3 is 15.2 Å². The van der Waals surface area contributed by atoms with Crippen LogP contribution >= 0.6 is 0 Å². The number of ether oxygens (including phenoxy) is 2. The number of rotatable bonds is 2. The van der Waals surface area contributed by atoms with Crippen molar-refractivity contribution >= 4 is 5.69 Å². The molecule has 2 aliphatic rings. The number of anilines is 1. The van der Waals surface area contributed by atoms with Gasteiger partial charge in [0.1, 0.15) is 5.75 Å². The van der Waals surface area contributed by atoms with Crippen molar-refractivity contribution in [1.29, 1.82) is 0 Å². The van der Waals surface area contributed by atoms with Crippen molar-refractivity contribution in [3.05, 3.63) is 23.3 Å². The molecule has 2 heterocycles. The van der Waals surface area contributed by atoms with Gasteiger partial charge in [0.2, 0.25) is 0 Å². The van der Waals surface area contributed by atoms with Crippen LogP contribution in [0, 0.1) is 5.92 Å². The molecule has 2 atom stereocenters. The third kappa shape index (κ3) is 2.76. The van der Waals surface area contributed by atoms with Crippen LogP contribution in [0.3, 0.4) is 0 Å². The van der Waals surface area contributed by atoms with Gasteiger partial charge in [-0.1, -0.05) is 6.92 Å². The maximum atomic E-state index is 6.01. The number of likely N-dealkylation sites (tertiary alicyclic amines) is 1. The zero-order chi connectivity index (χ0) is 14.1. The molecule has 0 amide bonds. The first-order chi connectivity index (χ1) is 9.63. The second-order valence-corrected chi connectivity index (χ2v) is 6.23. The maximum Gasteiger partial charge on any atom is 0.189 e. The van der Waals surface area contributed by atoms with Crippen LogP contribution in [-0.2, 0) is 17.9 Å². The minimum absolute atomic E-state index is 0.344. The summed E-state index contributed by atoms with van der Waals surface area (Å²) in [6.07, 6.45) is 2.55. The third-order valence-electron chi connectivity index (χ3n) is 4.46. The number of fused-ring (bicyclic) bond motifs is 1. The Balaban J connectivity index is 1.81. The van der Waals surface area contributed by atoms with E-state index in [1.807, 2.05) is 6.07 Å². The average Bonchev–Trinajstić information content (AvgIpc) is 2.41. The fourth-order valence-electron chi connectivity index (χ4n) is 3.35. The molecular weight excluding hydrogens is 252 g/mol. The first-order valence-corrected chi connectivity index (χ1v) is 7.49. The van der Waals surface area contributed by atoms with Crippen molar-refractivity contribution in [3.63, 3.8) is 0 Å². The molecule has 0 radical (unpaired) electrons. The van der Waals surface area contributed by atoms with Crippen LogP contribution in [0.4, 0.5) is 5.69 Å². The first kappa shape index (κ1) is 13.7.